The molecule has 0 saturated carbocycles. The van der Waals surface area contributed by atoms with Gasteiger partial charge in [-0.1, -0.05) is 58.2 Å². The van der Waals surface area contributed by atoms with Gasteiger partial charge in [0.05, 0.1) is 14.2 Å². The fraction of sp³-hybridized carbons (Fsp3) is 0.250. The molecule has 0 aliphatic carbocycles. The van der Waals surface area contributed by atoms with E-state index in [0.29, 0.717) is 6.42 Å². The van der Waals surface area contributed by atoms with Crippen LogP contribution in [0.15, 0.2) is 71.2 Å². The number of ether oxygens (including phenoxy) is 2. The molecule has 0 saturated heterocycles. The standard InChI is InChI=1S/C24H25BrFNO2S/c1-28-22-9-3-18(4-10-22)16-27(17-19-5-11-23(29-2)12-6-19)30-14-13-20-7-8-21(25)15-24(20)26/h3-12,15H,13-14,16-17H2,1-2H3. The molecule has 3 nitrogen and oxygen atoms in total. The number of aryl methyl sites for hydroxylation is 1. The lowest BCUT2D eigenvalue weighted by Crippen LogP contribution is -2.16. The molecule has 0 fully saturated rings. The largest absolute Gasteiger partial charge is 0.497 e. The first-order valence-corrected chi connectivity index (χ1v) is 11.4. The molecule has 3 rings (SSSR count). The van der Waals surface area contributed by atoms with E-state index in [0.717, 1.165) is 40.4 Å². The van der Waals surface area contributed by atoms with Crippen LogP contribution in [0.5, 0.6) is 11.5 Å². The van der Waals surface area contributed by atoms with Crippen molar-refractivity contribution in [1.29, 1.82) is 0 Å². The van der Waals surface area contributed by atoms with E-state index in [1.807, 2.05) is 36.4 Å². The highest BCUT2D eigenvalue weighted by Crippen LogP contribution is 2.24. The van der Waals surface area contributed by atoms with Crippen molar-refractivity contribution in [2.45, 2.75) is 19.5 Å². The Hall–Kier alpha value is -2.02. The van der Waals surface area contributed by atoms with E-state index in [1.54, 1.807) is 26.2 Å². The van der Waals surface area contributed by atoms with Gasteiger partial charge >= 0.3 is 0 Å². The minimum absolute atomic E-state index is 0.165. The zero-order chi connectivity index (χ0) is 21.3. The second-order valence-corrected chi connectivity index (χ2v) is 8.91. The Labute approximate surface area is 190 Å². The summed E-state index contributed by atoms with van der Waals surface area (Å²) in [4.78, 5) is 0. The van der Waals surface area contributed by atoms with Crippen LogP contribution in [0, 0.1) is 5.82 Å². The Morgan fingerprint density at radius 1 is 0.833 bits per heavy atom. The summed E-state index contributed by atoms with van der Waals surface area (Å²) in [5.74, 6) is 2.32. The molecule has 0 aromatic heterocycles. The molecule has 0 N–H and O–H groups in total. The number of hydrogen-bond acceptors (Lipinski definition) is 4. The predicted molar refractivity (Wildman–Crippen MR) is 125 cm³/mol. The van der Waals surface area contributed by atoms with Crippen molar-refractivity contribution in [2.75, 3.05) is 20.0 Å². The second kappa shape index (κ2) is 11.4. The lowest BCUT2D eigenvalue weighted by atomic mass is 10.2. The summed E-state index contributed by atoms with van der Waals surface area (Å²) >= 11 is 5.04. The number of hydrogen-bond donors (Lipinski definition) is 0. The number of benzene rings is 3. The van der Waals surface area contributed by atoms with E-state index in [-0.39, 0.29) is 5.82 Å². The smallest absolute Gasteiger partial charge is 0.127 e. The molecule has 0 aliphatic rings. The predicted octanol–water partition coefficient (Wildman–Crippen LogP) is 6.50. The van der Waals surface area contributed by atoms with Gasteiger partial charge in [0.1, 0.15) is 17.3 Å². The van der Waals surface area contributed by atoms with Gasteiger partial charge in [-0.25, -0.2) is 8.70 Å². The second-order valence-electron chi connectivity index (χ2n) is 6.81. The molecule has 0 bridgehead atoms. The molecular weight excluding hydrogens is 465 g/mol. The molecular formula is C24H25BrFNO2S. The van der Waals surface area contributed by atoms with Gasteiger partial charge in [-0.05, 0) is 59.5 Å². The van der Waals surface area contributed by atoms with E-state index in [1.165, 1.54) is 17.2 Å². The van der Waals surface area contributed by atoms with Crippen LogP contribution < -0.4 is 9.47 Å². The maximum Gasteiger partial charge on any atom is 0.127 e. The molecule has 0 amide bonds. The molecule has 0 radical (unpaired) electrons. The Balaban J connectivity index is 1.66. The fourth-order valence-corrected chi connectivity index (χ4v) is 4.41. The van der Waals surface area contributed by atoms with Crippen LogP contribution in [0.1, 0.15) is 16.7 Å². The molecule has 0 aliphatic heterocycles. The first-order chi connectivity index (χ1) is 14.6. The zero-order valence-electron chi connectivity index (χ0n) is 17.1. The quantitative estimate of drug-likeness (QED) is 0.303. The first kappa shape index (κ1) is 22.7. The van der Waals surface area contributed by atoms with Gasteiger partial charge in [-0.15, -0.1) is 0 Å². The van der Waals surface area contributed by atoms with Crippen molar-refractivity contribution < 1.29 is 13.9 Å². The van der Waals surface area contributed by atoms with E-state index in [4.69, 9.17) is 9.47 Å². The fourth-order valence-electron chi connectivity index (χ4n) is 3.03. The summed E-state index contributed by atoms with van der Waals surface area (Å²) in [5, 5.41) is 0. The number of nitrogens with zero attached hydrogens (tertiary/aromatic N) is 1. The van der Waals surface area contributed by atoms with E-state index in [2.05, 4.69) is 44.5 Å². The molecule has 3 aromatic carbocycles. The average Bonchev–Trinajstić information content (AvgIpc) is 2.76. The molecule has 6 heteroatoms. The van der Waals surface area contributed by atoms with Crippen LogP contribution in [0.4, 0.5) is 4.39 Å². The van der Waals surface area contributed by atoms with Gasteiger partial charge in [0.2, 0.25) is 0 Å². The minimum Gasteiger partial charge on any atom is -0.497 e. The molecule has 0 unspecified atom stereocenters. The van der Waals surface area contributed by atoms with Crippen LogP contribution in [0.3, 0.4) is 0 Å². The van der Waals surface area contributed by atoms with Crippen molar-refractivity contribution in [3.63, 3.8) is 0 Å². The summed E-state index contributed by atoms with van der Waals surface area (Å²) in [6.45, 7) is 1.56. The third kappa shape index (κ3) is 6.76. The van der Waals surface area contributed by atoms with E-state index < -0.39 is 0 Å². The number of methoxy groups -OCH3 is 2. The first-order valence-electron chi connectivity index (χ1n) is 9.65. The van der Waals surface area contributed by atoms with Gasteiger partial charge in [-0.3, -0.25) is 0 Å². The van der Waals surface area contributed by atoms with Crippen molar-refractivity contribution in [1.82, 2.24) is 4.31 Å². The summed E-state index contributed by atoms with van der Waals surface area (Å²) in [6.07, 6.45) is 0.672. The maximum absolute atomic E-state index is 14.1. The third-order valence-corrected chi connectivity index (χ3v) is 6.20. The monoisotopic (exact) mass is 489 g/mol. The molecule has 30 heavy (non-hydrogen) atoms. The lowest BCUT2D eigenvalue weighted by Gasteiger charge is -2.22. The SMILES string of the molecule is COc1ccc(CN(Cc2ccc(OC)cc2)SCCc2ccc(Br)cc2F)cc1. The van der Waals surface area contributed by atoms with Gasteiger partial charge in [0, 0.05) is 23.3 Å². The average molecular weight is 490 g/mol. The zero-order valence-corrected chi connectivity index (χ0v) is 19.5. The van der Waals surface area contributed by atoms with Crippen molar-refractivity contribution in [2.24, 2.45) is 0 Å². The highest BCUT2D eigenvalue weighted by molar-refractivity contribution is 9.10. The van der Waals surface area contributed by atoms with Crippen molar-refractivity contribution in [3.8, 4) is 11.5 Å². The van der Waals surface area contributed by atoms with Gasteiger partial charge in [0.15, 0.2) is 0 Å². The normalized spacial score (nSPS) is 11.0. The van der Waals surface area contributed by atoms with E-state index in [9.17, 15) is 4.39 Å². The lowest BCUT2D eigenvalue weighted by molar-refractivity contribution is 0.413. The Morgan fingerprint density at radius 3 is 1.83 bits per heavy atom. The molecule has 3 aromatic rings. The summed E-state index contributed by atoms with van der Waals surface area (Å²) < 4.78 is 27.7. The van der Waals surface area contributed by atoms with Crippen molar-refractivity contribution in [3.05, 3.63) is 93.7 Å². The van der Waals surface area contributed by atoms with Gasteiger partial charge in [0.25, 0.3) is 0 Å². The Bertz CT molecular complexity index is 885. The summed E-state index contributed by atoms with van der Waals surface area (Å²) in [5.41, 5.74) is 3.14. The van der Waals surface area contributed by atoms with E-state index >= 15 is 0 Å². The van der Waals surface area contributed by atoms with Crippen LogP contribution in [-0.2, 0) is 19.5 Å². The molecule has 0 atom stereocenters. The van der Waals surface area contributed by atoms with Crippen LogP contribution in [0.2, 0.25) is 0 Å². The highest BCUT2D eigenvalue weighted by Gasteiger charge is 2.10. The highest BCUT2D eigenvalue weighted by atomic mass is 79.9. The van der Waals surface area contributed by atoms with Crippen LogP contribution in [-0.4, -0.2) is 24.3 Å². The van der Waals surface area contributed by atoms with Crippen molar-refractivity contribution >= 4 is 27.9 Å². The van der Waals surface area contributed by atoms with Gasteiger partial charge < -0.3 is 9.47 Å². The minimum atomic E-state index is -0.165. The molecule has 0 heterocycles. The molecule has 158 valence electrons. The third-order valence-electron chi connectivity index (χ3n) is 4.70. The Kier molecular flexibility index (Phi) is 8.61. The van der Waals surface area contributed by atoms with Crippen LogP contribution >= 0.6 is 27.9 Å². The molecule has 0 spiro atoms. The number of rotatable bonds is 10. The van der Waals surface area contributed by atoms with Crippen LogP contribution in [0.25, 0.3) is 0 Å². The summed E-state index contributed by atoms with van der Waals surface area (Å²) in [6, 6.07) is 21.5. The topological polar surface area (TPSA) is 21.7 Å². The number of halogens is 2. The Morgan fingerprint density at radius 2 is 1.37 bits per heavy atom. The maximum atomic E-state index is 14.1. The van der Waals surface area contributed by atoms with Gasteiger partial charge in [-0.2, -0.15) is 0 Å². The summed E-state index contributed by atoms with van der Waals surface area (Å²) in [7, 11) is 3.34.